The van der Waals surface area contributed by atoms with Gasteiger partial charge in [-0.2, -0.15) is 5.26 Å². The molecule has 0 aliphatic carbocycles. The smallest absolute Gasteiger partial charge is 0.240 e. The molecule has 15 heavy (non-hydrogen) atoms. The van der Waals surface area contributed by atoms with Gasteiger partial charge in [-0.15, -0.1) is 0 Å². The lowest BCUT2D eigenvalue weighted by Gasteiger charge is -2.23. The summed E-state index contributed by atoms with van der Waals surface area (Å²) in [5.41, 5.74) is 0. The predicted octanol–water partition coefficient (Wildman–Crippen LogP) is -0.776. The van der Waals surface area contributed by atoms with E-state index in [0.29, 0.717) is 19.5 Å². The lowest BCUT2D eigenvalue weighted by molar-refractivity contribution is -0.133. The molecule has 2 N–H and O–H groups in total. The summed E-state index contributed by atoms with van der Waals surface area (Å²) >= 11 is 0. The van der Waals surface area contributed by atoms with Crippen LogP contribution in [0.4, 0.5) is 0 Å². The van der Waals surface area contributed by atoms with E-state index in [2.05, 4.69) is 11.4 Å². The molecule has 2 aliphatic rings. The van der Waals surface area contributed by atoms with Crippen LogP contribution in [0.5, 0.6) is 0 Å². The topological polar surface area (TPSA) is 76.4 Å². The molecule has 0 aromatic heterocycles. The summed E-state index contributed by atoms with van der Waals surface area (Å²) < 4.78 is 0. The zero-order valence-corrected chi connectivity index (χ0v) is 8.52. The fourth-order valence-corrected chi connectivity index (χ4v) is 2.27. The van der Waals surface area contributed by atoms with Crippen LogP contribution in [0.3, 0.4) is 0 Å². The third-order valence-electron chi connectivity index (χ3n) is 3.09. The Hall–Kier alpha value is -1.12. The number of likely N-dealkylation sites (tertiary alicyclic amines) is 1. The van der Waals surface area contributed by atoms with Gasteiger partial charge in [0.15, 0.2) is 0 Å². The summed E-state index contributed by atoms with van der Waals surface area (Å²) in [5, 5.41) is 21.2. The predicted molar refractivity (Wildman–Crippen MR) is 52.8 cm³/mol. The molecule has 0 saturated carbocycles. The van der Waals surface area contributed by atoms with E-state index in [4.69, 9.17) is 5.26 Å². The lowest BCUT2D eigenvalue weighted by atomic mass is 10.1. The van der Waals surface area contributed by atoms with Gasteiger partial charge in [0, 0.05) is 13.1 Å². The molecule has 1 amide bonds. The van der Waals surface area contributed by atoms with E-state index in [9.17, 15) is 9.90 Å². The number of nitriles is 1. The van der Waals surface area contributed by atoms with Crippen LogP contribution >= 0.6 is 0 Å². The number of nitrogens with zero attached hydrogens (tertiary/aromatic N) is 2. The van der Waals surface area contributed by atoms with Crippen LogP contribution in [0.2, 0.25) is 0 Å². The number of carbonyl (C=O) groups excluding carboxylic acids is 1. The fourth-order valence-electron chi connectivity index (χ4n) is 2.27. The number of hydrogen-bond donors (Lipinski definition) is 2. The molecule has 2 saturated heterocycles. The summed E-state index contributed by atoms with van der Waals surface area (Å²) in [6, 6.07) is 1.58. The van der Waals surface area contributed by atoms with E-state index in [-0.39, 0.29) is 18.0 Å². The van der Waals surface area contributed by atoms with E-state index in [1.165, 1.54) is 0 Å². The standard InChI is InChI=1S/C10H15N3O2/c11-5-7-2-1-3-13(7)10(15)9-4-8(14)6-12-9/h7-9,12,14H,1-4,6H2/t7-,8+,9-/m0/s1. The van der Waals surface area contributed by atoms with Gasteiger partial charge in [0.2, 0.25) is 5.91 Å². The first-order valence-electron chi connectivity index (χ1n) is 5.34. The highest BCUT2D eigenvalue weighted by Crippen LogP contribution is 2.19. The van der Waals surface area contributed by atoms with Crippen molar-refractivity contribution in [3.63, 3.8) is 0 Å². The largest absolute Gasteiger partial charge is 0.392 e. The van der Waals surface area contributed by atoms with Gasteiger partial charge < -0.3 is 15.3 Å². The molecule has 5 nitrogen and oxygen atoms in total. The molecule has 0 radical (unpaired) electrons. The van der Waals surface area contributed by atoms with Crippen molar-refractivity contribution in [1.82, 2.24) is 10.2 Å². The highest BCUT2D eigenvalue weighted by molar-refractivity contribution is 5.83. The quantitative estimate of drug-likeness (QED) is 0.594. The number of aliphatic hydroxyl groups is 1. The van der Waals surface area contributed by atoms with Crippen LogP contribution in [0, 0.1) is 11.3 Å². The highest BCUT2D eigenvalue weighted by Gasteiger charge is 2.36. The zero-order valence-electron chi connectivity index (χ0n) is 8.52. The molecule has 0 aromatic carbocycles. The molecule has 0 spiro atoms. The van der Waals surface area contributed by atoms with Crippen molar-refractivity contribution >= 4 is 5.91 Å². The Labute approximate surface area is 88.7 Å². The van der Waals surface area contributed by atoms with Crippen LogP contribution in [-0.4, -0.2) is 47.2 Å². The van der Waals surface area contributed by atoms with E-state index < -0.39 is 6.10 Å². The summed E-state index contributed by atoms with van der Waals surface area (Å²) in [6.07, 6.45) is 1.71. The second-order valence-corrected chi connectivity index (χ2v) is 4.17. The molecule has 0 unspecified atom stereocenters. The van der Waals surface area contributed by atoms with Crippen molar-refractivity contribution in [1.29, 1.82) is 5.26 Å². The number of nitrogens with one attached hydrogen (secondary N) is 1. The van der Waals surface area contributed by atoms with Crippen molar-refractivity contribution in [3.8, 4) is 6.07 Å². The highest BCUT2D eigenvalue weighted by atomic mass is 16.3. The van der Waals surface area contributed by atoms with Gasteiger partial charge in [-0.1, -0.05) is 0 Å². The second kappa shape index (κ2) is 4.17. The number of β-amino-alcohol motifs (C(OH)–C–C–N with tert-alkyl or cyclic N) is 1. The third kappa shape index (κ3) is 1.96. The van der Waals surface area contributed by atoms with Crippen LogP contribution in [0.1, 0.15) is 19.3 Å². The van der Waals surface area contributed by atoms with Crippen molar-refractivity contribution in [2.24, 2.45) is 0 Å². The van der Waals surface area contributed by atoms with E-state index in [0.717, 1.165) is 12.8 Å². The molecule has 2 aliphatic heterocycles. The monoisotopic (exact) mass is 209 g/mol. The van der Waals surface area contributed by atoms with Gasteiger partial charge >= 0.3 is 0 Å². The SMILES string of the molecule is N#C[C@@H]1CCCN1C(=O)[C@@H]1C[C@@H](O)CN1. The van der Waals surface area contributed by atoms with Crippen molar-refractivity contribution in [3.05, 3.63) is 0 Å². The minimum atomic E-state index is -0.429. The maximum absolute atomic E-state index is 12.0. The molecule has 2 fully saturated rings. The van der Waals surface area contributed by atoms with Gasteiger partial charge in [-0.25, -0.2) is 0 Å². The summed E-state index contributed by atoms with van der Waals surface area (Å²) in [4.78, 5) is 13.6. The van der Waals surface area contributed by atoms with Crippen molar-refractivity contribution in [2.45, 2.75) is 37.5 Å². The van der Waals surface area contributed by atoms with Gasteiger partial charge in [0.25, 0.3) is 0 Å². The first-order chi connectivity index (χ1) is 7.22. The van der Waals surface area contributed by atoms with Crippen LogP contribution in [0.25, 0.3) is 0 Å². The van der Waals surface area contributed by atoms with E-state index in [1.807, 2.05) is 0 Å². The van der Waals surface area contributed by atoms with Crippen LogP contribution in [0.15, 0.2) is 0 Å². The molecule has 0 bridgehead atoms. The van der Waals surface area contributed by atoms with Gasteiger partial charge in [0.05, 0.1) is 18.2 Å². The summed E-state index contributed by atoms with van der Waals surface area (Å²) in [7, 11) is 0. The molecule has 2 heterocycles. The van der Waals surface area contributed by atoms with Gasteiger partial charge in [-0.3, -0.25) is 4.79 Å². The lowest BCUT2D eigenvalue weighted by Crippen LogP contribution is -2.45. The Morgan fingerprint density at radius 2 is 2.40 bits per heavy atom. The Morgan fingerprint density at radius 1 is 1.60 bits per heavy atom. The Morgan fingerprint density at radius 3 is 3.00 bits per heavy atom. The maximum atomic E-state index is 12.0. The van der Waals surface area contributed by atoms with Gasteiger partial charge in [0.1, 0.15) is 6.04 Å². The minimum Gasteiger partial charge on any atom is -0.392 e. The van der Waals surface area contributed by atoms with Crippen molar-refractivity contribution in [2.75, 3.05) is 13.1 Å². The van der Waals surface area contributed by atoms with Crippen molar-refractivity contribution < 1.29 is 9.90 Å². The molecule has 2 rings (SSSR count). The molecule has 0 aromatic rings. The Kier molecular flexibility index (Phi) is 2.89. The summed E-state index contributed by atoms with van der Waals surface area (Å²) in [6.45, 7) is 1.15. The molecule has 82 valence electrons. The van der Waals surface area contributed by atoms with Crippen LogP contribution < -0.4 is 5.32 Å². The number of hydrogen-bond acceptors (Lipinski definition) is 4. The fraction of sp³-hybridized carbons (Fsp3) is 0.800. The average Bonchev–Trinajstić information content (AvgIpc) is 2.84. The Bertz CT molecular complexity index is 300. The normalized spacial score (nSPS) is 35.5. The molecule has 3 atom stereocenters. The Balaban J connectivity index is 1.99. The minimum absolute atomic E-state index is 0.0319. The van der Waals surface area contributed by atoms with Gasteiger partial charge in [-0.05, 0) is 19.3 Å². The number of amides is 1. The number of carbonyl (C=O) groups is 1. The van der Waals surface area contributed by atoms with E-state index in [1.54, 1.807) is 4.90 Å². The summed E-state index contributed by atoms with van der Waals surface area (Å²) in [5.74, 6) is -0.0319. The molecular formula is C10H15N3O2. The number of rotatable bonds is 1. The maximum Gasteiger partial charge on any atom is 0.240 e. The first-order valence-corrected chi connectivity index (χ1v) is 5.34. The third-order valence-corrected chi connectivity index (χ3v) is 3.09. The second-order valence-electron chi connectivity index (χ2n) is 4.17. The molecular weight excluding hydrogens is 194 g/mol. The average molecular weight is 209 g/mol. The van der Waals surface area contributed by atoms with E-state index >= 15 is 0 Å². The zero-order chi connectivity index (χ0) is 10.8. The molecule has 5 heteroatoms. The number of aliphatic hydroxyl groups excluding tert-OH is 1. The van der Waals surface area contributed by atoms with Crippen LogP contribution in [-0.2, 0) is 4.79 Å². The first kappa shape index (κ1) is 10.4.